The maximum Gasteiger partial charge on any atom is 0.426 e. The number of hydrogen-bond acceptors (Lipinski definition) is 6. The molecule has 10 nitrogen and oxygen atoms in total. The quantitative estimate of drug-likeness (QED) is 0.243. The van der Waals surface area contributed by atoms with E-state index in [0.29, 0.717) is 29.0 Å². The molecule has 0 spiro atoms. The molecule has 0 aliphatic carbocycles. The van der Waals surface area contributed by atoms with Crippen LogP contribution < -0.4 is 10.7 Å². The van der Waals surface area contributed by atoms with Crippen LogP contribution in [-0.4, -0.2) is 70.1 Å². The molecule has 1 atom stereocenters. The van der Waals surface area contributed by atoms with Gasteiger partial charge in [0, 0.05) is 30.1 Å². The van der Waals surface area contributed by atoms with Gasteiger partial charge in [0.2, 0.25) is 5.91 Å². The summed E-state index contributed by atoms with van der Waals surface area (Å²) in [5.41, 5.74) is 2.17. The topological polar surface area (TPSA) is 117 Å². The van der Waals surface area contributed by atoms with Gasteiger partial charge in [-0.05, 0) is 76.3 Å². The van der Waals surface area contributed by atoms with Crippen LogP contribution in [0.4, 0.5) is 4.79 Å². The zero-order valence-electron chi connectivity index (χ0n) is 28.9. The lowest BCUT2D eigenvalue weighted by atomic mass is 9.83. The van der Waals surface area contributed by atoms with E-state index in [1.807, 2.05) is 51.1 Å². The molecule has 1 unspecified atom stereocenters. The van der Waals surface area contributed by atoms with Gasteiger partial charge in [0.05, 0.1) is 18.8 Å². The summed E-state index contributed by atoms with van der Waals surface area (Å²) in [5, 5.41) is 4.77. The molecule has 1 heterocycles. The van der Waals surface area contributed by atoms with Crippen molar-refractivity contribution in [2.45, 2.75) is 97.9 Å². The van der Waals surface area contributed by atoms with Gasteiger partial charge in [0.15, 0.2) is 5.54 Å². The Balaban J connectivity index is 2.10. The molecule has 0 bridgehead atoms. The van der Waals surface area contributed by atoms with E-state index in [4.69, 9.17) is 21.1 Å². The summed E-state index contributed by atoms with van der Waals surface area (Å²) in [5.74, 6) is -1.19. The maximum atomic E-state index is 14.8. The number of ether oxygens (including phenoxy) is 2. The van der Waals surface area contributed by atoms with Gasteiger partial charge in [0.25, 0.3) is 11.8 Å². The van der Waals surface area contributed by atoms with Crippen molar-refractivity contribution in [1.29, 1.82) is 0 Å². The second-order valence-electron chi connectivity index (χ2n) is 12.9. The lowest BCUT2D eigenvalue weighted by Crippen LogP contribution is -2.67. The summed E-state index contributed by atoms with van der Waals surface area (Å²) in [6.07, 6.45) is 0.332. The lowest BCUT2D eigenvalue weighted by molar-refractivity contribution is -0.162. The highest BCUT2D eigenvalue weighted by Crippen LogP contribution is 2.39. The van der Waals surface area contributed by atoms with Gasteiger partial charge < -0.3 is 19.7 Å². The van der Waals surface area contributed by atoms with Crippen LogP contribution in [0.2, 0.25) is 5.02 Å². The SMILES string of the molecule is CCC(=O)N(NC(=O)OC(C)(C)C)C(C)(COCc1ccccc1)C(=O)N(CC)CC1=C(c2ccc(Cl)cc2)C(=O)NC1(CC)CC. The molecule has 47 heavy (non-hydrogen) atoms. The first-order valence-corrected chi connectivity index (χ1v) is 16.6. The first kappa shape index (κ1) is 37.6. The van der Waals surface area contributed by atoms with Crippen LogP contribution in [0.1, 0.15) is 85.8 Å². The number of hydrogen-bond donors (Lipinski definition) is 2. The molecule has 0 saturated carbocycles. The molecule has 3 rings (SSSR count). The predicted octanol–water partition coefficient (Wildman–Crippen LogP) is 6.28. The molecule has 0 saturated heterocycles. The normalized spacial score (nSPS) is 15.5. The summed E-state index contributed by atoms with van der Waals surface area (Å²) >= 11 is 6.17. The van der Waals surface area contributed by atoms with Crippen molar-refractivity contribution in [3.05, 3.63) is 76.3 Å². The molecule has 1 aliphatic rings. The minimum atomic E-state index is -1.69. The highest BCUT2D eigenvalue weighted by Gasteiger charge is 2.49. The second kappa shape index (κ2) is 15.8. The van der Waals surface area contributed by atoms with E-state index in [-0.39, 0.29) is 38.6 Å². The first-order chi connectivity index (χ1) is 22.1. The maximum absolute atomic E-state index is 14.8. The summed E-state index contributed by atoms with van der Waals surface area (Å²) in [6, 6.07) is 16.5. The highest BCUT2D eigenvalue weighted by molar-refractivity contribution is 6.31. The second-order valence-corrected chi connectivity index (χ2v) is 13.3. The van der Waals surface area contributed by atoms with E-state index in [9.17, 15) is 19.2 Å². The number of carbonyl (C=O) groups is 4. The third-order valence-electron chi connectivity index (χ3n) is 8.42. The Morgan fingerprint density at radius 1 is 0.936 bits per heavy atom. The van der Waals surface area contributed by atoms with Gasteiger partial charge in [-0.2, -0.15) is 0 Å². The minimum absolute atomic E-state index is 0.00253. The number of rotatable bonds is 13. The van der Waals surface area contributed by atoms with Crippen molar-refractivity contribution < 1.29 is 28.7 Å². The number of benzene rings is 2. The van der Waals surface area contributed by atoms with Crippen LogP contribution in [0.15, 0.2) is 60.2 Å². The van der Waals surface area contributed by atoms with E-state index >= 15 is 0 Å². The average molecular weight is 669 g/mol. The number of amides is 4. The van der Waals surface area contributed by atoms with E-state index in [2.05, 4.69) is 10.7 Å². The van der Waals surface area contributed by atoms with E-state index in [1.54, 1.807) is 63.8 Å². The molecular weight excluding hydrogens is 620 g/mol. The van der Waals surface area contributed by atoms with Gasteiger partial charge in [-0.25, -0.2) is 15.2 Å². The van der Waals surface area contributed by atoms with Crippen molar-refractivity contribution in [2.75, 3.05) is 19.7 Å². The van der Waals surface area contributed by atoms with E-state index < -0.39 is 34.6 Å². The number of hydrazine groups is 1. The van der Waals surface area contributed by atoms with Crippen molar-refractivity contribution in [3.8, 4) is 0 Å². The fraction of sp³-hybridized carbons (Fsp3) is 0.500. The van der Waals surface area contributed by atoms with Gasteiger partial charge >= 0.3 is 6.09 Å². The summed E-state index contributed by atoms with van der Waals surface area (Å²) in [4.78, 5) is 56.5. The van der Waals surface area contributed by atoms with Crippen LogP contribution in [0, 0.1) is 0 Å². The Hall–Kier alpha value is -3.89. The van der Waals surface area contributed by atoms with Crippen molar-refractivity contribution >= 4 is 41.0 Å². The fourth-order valence-electron chi connectivity index (χ4n) is 5.77. The Morgan fingerprint density at radius 3 is 2.09 bits per heavy atom. The molecule has 1 aliphatic heterocycles. The zero-order chi connectivity index (χ0) is 35.0. The van der Waals surface area contributed by atoms with Gasteiger partial charge in [-0.1, -0.05) is 74.8 Å². The smallest absolute Gasteiger partial charge is 0.426 e. The summed E-state index contributed by atoms with van der Waals surface area (Å²) < 4.78 is 11.6. The number of likely N-dealkylation sites (N-methyl/N-ethyl adjacent to an activating group) is 1. The molecule has 0 fully saturated rings. The third kappa shape index (κ3) is 8.93. The third-order valence-corrected chi connectivity index (χ3v) is 8.67. The summed E-state index contributed by atoms with van der Waals surface area (Å²) in [7, 11) is 0. The number of nitrogens with one attached hydrogen (secondary N) is 2. The molecule has 2 aromatic rings. The predicted molar refractivity (Wildman–Crippen MR) is 183 cm³/mol. The Bertz CT molecular complexity index is 1450. The largest absolute Gasteiger partial charge is 0.443 e. The van der Waals surface area contributed by atoms with Crippen molar-refractivity contribution in [3.63, 3.8) is 0 Å². The van der Waals surface area contributed by atoms with Crippen molar-refractivity contribution in [2.24, 2.45) is 0 Å². The van der Waals surface area contributed by atoms with Gasteiger partial charge in [-0.15, -0.1) is 0 Å². The minimum Gasteiger partial charge on any atom is -0.443 e. The Kier molecular flexibility index (Phi) is 12.6. The molecule has 256 valence electrons. The first-order valence-electron chi connectivity index (χ1n) is 16.2. The van der Waals surface area contributed by atoms with E-state index in [1.165, 1.54) is 0 Å². The van der Waals surface area contributed by atoms with Gasteiger partial charge in [0.1, 0.15) is 5.60 Å². The van der Waals surface area contributed by atoms with Crippen LogP contribution in [0.3, 0.4) is 0 Å². The fourth-order valence-corrected chi connectivity index (χ4v) is 5.90. The molecule has 2 aromatic carbocycles. The molecular formula is C36H49ClN4O6. The monoisotopic (exact) mass is 668 g/mol. The zero-order valence-corrected chi connectivity index (χ0v) is 29.6. The molecule has 0 aromatic heterocycles. The molecule has 4 amide bonds. The highest BCUT2D eigenvalue weighted by atomic mass is 35.5. The van der Waals surface area contributed by atoms with Gasteiger partial charge in [-0.3, -0.25) is 14.4 Å². The number of carbonyl (C=O) groups excluding carboxylic acids is 4. The summed E-state index contributed by atoms with van der Waals surface area (Å²) in [6.45, 7) is 14.5. The Labute approximate surface area is 283 Å². The van der Waals surface area contributed by atoms with Crippen LogP contribution >= 0.6 is 11.6 Å². The average Bonchev–Trinajstić information content (AvgIpc) is 3.32. The van der Waals surface area contributed by atoms with Crippen LogP contribution in [0.25, 0.3) is 5.57 Å². The standard InChI is InChI=1S/C36H49ClN4O6/c1-9-29(42)41(39-33(45)47-34(5,6)7)35(8,24-46-23-25-16-14-13-15-17-25)32(44)40(12-4)22-28-30(26-18-20-27(37)21-19-26)31(43)38-36(28,10-2)11-3/h13-21H,9-12,22-24H2,1-8H3,(H,38,43)(H,39,45). The van der Waals surface area contributed by atoms with E-state index in [0.717, 1.165) is 16.1 Å². The van der Waals surface area contributed by atoms with Crippen molar-refractivity contribution in [1.82, 2.24) is 20.7 Å². The van der Waals surface area contributed by atoms with Crippen LogP contribution in [0.5, 0.6) is 0 Å². The molecule has 0 radical (unpaired) electrons. The number of nitrogens with zero attached hydrogens (tertiary/aromatic N) is 2. The molecule has 2 N–H and O–H groups in total. The molecule has 11 heteroatoms. The van der Waals surface area contributed by atoms with Crippen LogP contribution in [-0.2, 0) is 30.5 Å². The lowest BCUT2D eigenvalue weighted by Gasteiger charge is -2.43. The Morgan fingerprint density at radius 2 is 1.55 bits per heavy atom. The number of halogens is 1.